The largest absolute Gasteiger partial charge is 0.481 e. The molecule has 0 aliphatic heterocycles. The molecule has 0 aliphatic carbocycles. The predicted molar refractivity (Wildman–Crippen MR) is 140 cm³/mol. The molecule has 0 aliphatic rings. The molecule has 5 aromatic heterocycles. The first-order chi connectivity index (χ1) is 17.5. The van der Waals surface area contributed by atoms with Crippen molar-refractivity contribution >= 4 is 28.5 Å². The molecule has 2 N–H and O–H groups in total. The van der Waals surface area contributed by atoms with Crippen molar-refractivity contribution in [1.29, 1.82) is 0 Å². The number of aryl methyl sites for hydroxylation is 2. The molecule has 1 unspecified atom stereocenters. The molecule has 36 heavy (non-hydrogen) atoms. The van der Waals surface area contributed by atoms with Crippen molar-refractivity contribution in [1.82, 2.24) is 34.9 Å². The van der Waals surface area contributed by atoms with Gasteiger partial charge >= 0.3 is 0 Å². The van der Waals surface area contributed by atoms with Crippen molar-refractivity contribution in [2.75, 3.05) is 12.4 Å². The van der Waals surface area contributed by atoms with Gasteiger partial charge in [-0.15, -0.1) is 0 Å². The fourth-order valence-electron chi connectivity index (χ4n) is 4.23. The van der Waals surface area contributed by atoms with E-state index in [2.05, 4.69) is 48.2 Å². The lowest BCUT2D eigenvalue weighted by atomic mass is 10.00. The van der Waals surface area contributed by atoms with Crippen LogP contribution in [0.15, 0.2) is 49.3 Å². The van der Waals surface area contributed by atoms with Gasteiger partial charge in [0.25, 0.3) is 0 Å². The van der Waals surface area contributed by atoms with Gasteiger partial charge in [-0.2, -0.15) is 0 Å². The number of anilines is 1. The Balaban J connectivity index is 1.53. The Morgan fingerprint density at radius 2 is 1.86 bits per heavy atom. The highest BCUT2D eigenvalue weighted by Crippen LogP contribution is 2.36. The van der Waals surface area contributed by atoms with Crippen molar-refractivity contribution < 1.29 is 4.74 Å². The standard InChI is InChI=1S/C26H25ClN8O/c1-5-21(34-25-23(27)14(2)32-15(3)33-25)19-8-16(11-31-26(19)36-4)20-12-30-24-18(20)6-7-22(35-24)17-9-28-13-29-10-17/h6-13,21H,5H2,1-4H3,(H,30,35)(H,32,33,34). The zero-order valence-corrected chi connectivity index (χ0v) is 21.1. The van der Waals surface area contributed by atoms with E-state index in [4.69, 9.17) is 21.3 Å². The van der Waals surface area contributed by atoms with Crippen LogP contribution in [0.2, 0.25) is 5.02 Å². The molecule has 0 amide bonds. The number of nitrogens with zero attached hydrogens (tertiary/aromatic N) is 6. The maximum Gasteiger partial charge on any atom is 0.218 e. The van der Waals surface area contributed by atoms with E-state index in [-0.39, 0.29) is 6.04 Å². The van der Waals surface area contributed by atoms with Gasteiger partial charge in [-0.3, -0.25) is 0 Å². The van der Waals surface area contributed by atoms with Gasteiger partial charge in [0.1, 0.15) is 28.6 Å². The van der Waals surface area contributed by atoms with Crippen LogP contribution in [0.4, 0.5) is 5.82 Å². The summed E-state index contributed by atoms with van der Waals surface area (Å²) in [5, 5.41) is 4.96. The molecule has 0 aromatic carbocycles. The van der Waals surface area contributed by atoms with Gasteiger partial charge in [-0.1, -0.05) is 18.5 Å². The molecule has 5 heterocycles. The molecule has 5 rings (SSSR count). The zero-order chi connectivity index (χ0) is 25.2. The molecule has 0 fully saturated rings. The number of hydrogen-bond acceptors (Lipinski definition) is 8. The minimum Gasteiger partial charge on any atom is -0.481 e. The average molecular weight is 501 g/mol. The molecule has 182 valence electrons. The smallest absolute Gasteiger partial charge is 0.218 e. The van der Waals surface area contributed by atoms with Crippen LogP contribution in [0.1, 0.15) is 36.5 Å². The highest BCUT2D eigenvalue weighted by Gasteiger charge is 2.21. The molecule has 0 spiro atoms. The van der Waals surface area contributed by atoms with Crippen molar-refractivity contribution in [3.8, 4) is 28.3 Å². The maximum absolute atomic E-state index is 6.51. The summed E-state index contributed by atoms with van der Waals surface area (Å²) < 4.78 is 5.62. The highest BCUT2D eigenvalue weighted by atomic mass is 35.5. The molecule has 9 nitrogen and oxygen atoms in total. The Labute approximate surface area is 213 Å². The van der Waals surface area contributed by atoms with Crippen LogP contribution in [0.25, 0.3) is 33.4 Å². The Morgan fingerprint density at radius 3 is 2.61 bits per heavy atom. The van der Waals surface area contributed by atoms with Crippen LogP contribution in [-0.2, 0) is 0 Å². The summed E-state index contributed by atoms with van der Waals surface area (Å²) in [6.07, 6.45) is 9.51. The Kier molecular flexibility index (Phi) is 6.47. The average Bonchev–Trinajstić information content (AvgIpc) is 3.33. The quantitative estimate of drug-likeness (QED) is 0.292. The van der Waals surface area contributed by atoms with Gasteiger partial charge < -0.3 is 15.0 Å². The van der Waals surface area contributed by atoms with Crippen LogP contribution in [0.3, 0.4) is 0 Å². The van der Waals surface area contributed by atoms with Gasteiger partial charge in [0.15, 0.2) is 0 Å². The number of fused-ring (bicyclic) bond motifs is 1. The van der Waals surface area contributed by atoms with Crippen molar-refractivity contribution in [2.45, 2.75) is 33.2 Å². The Morgan fingerprint density at radius 1 is 1.06 bits per heavy atom. The fourth-order valence-corrected chi connectivity index (χ4v) is 4.37. The van der Waals surface area contributed by atoms with E-state index in [0.29, 0.717) is 22.5 Å². The summed E-state index contributed by atoms with van der Waals surface area (Å²) >= 11 is 6.51. The van der Waals surface area contributed by atoms with Crippen LogP contribution in [-0.4, -0.2) is 42.0 Å². The molecular formula is C26H25ClN8O. The lowest BCUT2D eigenvalue weighted by Gasteiger charge is -2.21. The lowest BCUT2D eigenvalue weighted by Crippen LogP contribution is -2.14. The van der Waals surface area contributed by atoms with Crippen LogP contribution in [0.5, 0.6) is 5.88 Å². The second-order valence-electron chi connectivity index (χ2n) is 8.37. The summed E-state index contributed by atoms with van der Waals surface area (Å²) in [6, 6.07) is 5.96. The summed E-state index contributed by atoms with van der Waals surface area (Å²) in [5.74, 6) is 1.79. The topological polar surface area (TPSA) is 114 Å². The first-order valence-electron chi connectivity index (χ1n) is 11.5. The molecule has 0 saturated heterocycles. The second kappa shape index (κ2) is 9.87. The van der Waals surface area contributed by atoms with E-state index < -0.39 is 0 Å². The van der Waals surface area contributed by atoms with Crippen molar-refractivity contribution in [2.24, 2.45) is 0 Å². The van der Waals surface area contributed by atoms with E-state index >= 15 is 0 Å². The first-order valence-corrected chi connectivity index (χ1v) is 11.9. The van der Waals surface area contributed by atoms with Gasteiger partial charge in [-0.05, 0) is 38.5 Å². The SMILES string of the molecule is CCC(Nc1nc(C)nc(C)c1Cl)c1cc(-c2c[nH]c3nc(-c4cncnc4)ccc23)cnc1OC. The lowest BCUT2D eigenvalue weighted by molar-refractivity contribution is 0.389. The molecule has 0 radical (unpaired) electrons. The van der Waals surface area contributed by atoms with Crippen LogP contribution in [0, 0.1) is 13.8 Å². The Hall–Kier alpha value is -4.11. The van der Waals surface area contributed by atoms with Gasteiger partial charge in [0.2, 0.25) is 5.88 Å². The number of halogens is 1. The first kappa shape index (κ1) is 23.6. The van der Waals surface area contributed by atoms with Crippen molar-refractivity contribution in [3.63, 3.8) is 0 Å². The Bertz CT molecular complexity index is 1540. The summed E-state index contributed by atoms with van der Waals surface area (Å²) in [4.78, 5) is 29.7. The minimum absolute atomic E-state index is 0.133. The molecule has 10 heteroatoms. The van der Waals surface area contributed by atoms with Gasteiger partial charge in [0.05, 0.1) is 24.5 Å². The third-order valence-corrected chi connectivity index (χ3v) is 6.45. The van der Waals surface area contributed by atoms with E-state index in [1.807, 2.05) is 38.4 Å². The van der Waals surface area contributed by atoms with Crippen molar-refractivity contribution in [3.05, 3.63) is 71.4 Å². The predicted octanol–water partition coefficient (Wildman–Crippen LogP) is 5.71. The van der Waals surface area contributed by atoms with Crippen LogP contribution >= 0.6 is 11.6 Å². The normalized spacial score (nSPS) is 12.0. The number of methoxy groups -OCH3 is 1. The second-order valence-corrected chi connectivity index (χ2v) is 8.75. The zero-order valence-electron chi connectivity index (χ0n) is 20.4. The van der Waals surface area contributed by atoms with Gasteiger partial charge in [-0.25, -0.2) is 29.9 Å². The van der Waals surface area contributed by atoms with Crippen LogP contribution < -0.4 is 10.1 Å². The molecule has 0 bridgehead atoms. The van der Waals surface area contributed by atoms with E-state index in [0.717, 1.165) is 51.1 Å². The number of ether oxygens (including phenoxy) is 1. The number of nitrogens with one attached hydrogen (secondary N) is 2. The fraction of sp³-hybridized carbons (Fsp3) is 0.231. The van der Waals surface area contributed by atoms with E-state index in [1.165, 1.54) is 6.33 Å². The third kappa shape index (κ3) is 4.45. The number of rotatable bonds is 7. The monoisotopic (exact) mass is 500 g/mol. The third-order valence-electron chi connectivity index (χ3n) is 6.00. The minimum atomic E-state index is -0.133. The summed E-state index contributed by atoms with van der Waals surface area (Å²) in [5.41, 5.74) is 5.99. The maximum atomic E-state index is 6.51. The number of hydrogen-bond donors (Lipinski definition) is 2. The number of aromatic amines is 1. The molecule has 0 saturated carbocycles. The van der Waals surface area contributed by atoms with E-state index in [1.54, 1.807) is 19.5 Å². The number of H-pyrrole nitrogens is 1. The summed E-state index contributed by atoms with van der Waals surface area (Å²) in [7, 11) is 1.62. The van der Waals surface area contributed by atoms with E-state index in [9.17, 15) is 0 Å². The van der Waals surface area contributed by atoms with Gasteiger partial charge in [0, 0.05) is 52.4 Å². The summed E-state index contributed by atoms with van der Waals surface area (Å²) in [6.45, 7) is 5.80. The highest BCUT2D eigenvalue weighted by molar-refractivity contribution is 6.33. The molecule has 1 atom stereocenters. The molecule has 5 aromatic rings. The number of pyridine rings is 2. The number of aromatic nitrogens is 7. The molecular weight excluding hydrogens is 476 g/mol.